The molecule has 0 spiro atoms. The van der Waals surface area contributed by atoms with Gasteiger partial charge in [-0.1, -0.05) is 17.7 Å². The maximum atomic E-state index is 5.53. The number of hydrogen-bond acceptors (Lipinski definition) is 4. The van der Waals surface area contributed by atoms with Gasteiger partial charge in [0, 0.05) is 35.4 Å². The van der Waals surface area contributed by atoms with Gasteiger partial charge in [0.1, 0.15) is 5.75 Å². The first-order valence-electron chi connectivity index (χ1n) is 8.66. The molecule has 132 valence electrons. The van der Waals surface area contributed by atoms with Gasteiger partial charge >= 0.3 is 0 Å². The fourth-order valence-electron chi connectivity index (χ4n) is 3.76. The van der Waals surface area contributed by atoms with E-state index in [0.29, 0.717) is 0 Å². The largest absolute Gasteiger partial charge is 0.496 e. The summed E-state index contributed by atoms with van der Waals surface area (Å²) >= 11 is 0. The smallest absolute Gasteiger partial charge is 0.128 e. The number of rotatable bonds is 4. The Hall–Kier alpha value is -2.49. The van der Waals surface area contributed by atoms with Crippen LogP contribution in [-0.2, 0) is 6.54 Å². The van der Waals surface area contributed by atoms with Crippen molar-refractivity contribution in [2.75, 3.05) is 18.7 Å². The van der Waals surface area contributed by atoms with Crippen molar-refractivity contribution in [2.24, 2.45) is 0 Å². The van der Waals surface area contributed by atoms with Crippen LogP contribution in [0.15, 0.2) is 30.7 Å². The van der Waals surface area contributed by atoms with E-state index in [4.69, 9.17) is 4.74 Å². The maximum Gasteiger partial charge on any atom is 0.128 e. The lowest BCUT2D eigenvalue weighted by Gasteiger charge is -2.25. The molecule has 4 heteroatoms. The molecule has 0 N–H and O–H groups in total. The van der Waals surface area contributed by atoms with Gasteiger partial charge in [-0.05, 0) is 45.7 Å². The van der Waals surface area contributed by atoms with Crippen LogP contribution in [0.3, 0.4) is 0 Å². The predicted octanol–water partition coefficient (Wildman–Crippen LogP) is 4.38. The van der Waals surface area contributed by atoms with Crippen LogP contribution in [0.4, 0.5) is 5.69 Å². The number of hydrogen-bond donors (Lipinski definition) is 0. The summed E-state index contributed by atoms with van der Waals surface area (Å²) in [5.41, 5.74) is 8.50. The van der Waals surface area contributed by atoms with Crippen LogP contribution in [0.2, 0.25) is 0 Å². The Balaban J connectivity index is 1.78. The van der Waals surface area contributed by atoms with Gasteiger partial charge in [-0.3, -0.25) is 4.98 Å². The van der Waals surface area contributed by atoms with Gasteiger partial charge in [0.2, 0.25) is 0 Å². The zero-order valence-corrected chi connectivity index (χ0v) is 16.1. The molecule has 0 saturated carbocycles. The van der Waals surface area contributed by atoms with Gasteiger partial charge in [-0.2, -0.15) is 0 Å². The molecule has 2 heterocycles. The normalized spacial score (nSPS) is 13.7. The highest BCUT2D eigenvalue weighted by atomic mass is 16.5. The summed E-state index contributed by atoms with van der Waals surface area (Å²) in [5.74, 6) is 0.940. The molecular formula is C21H27N3O. The van der Waals surface area contributed by atoms with Crippen LogP contribution in [0.1, 0.15) is 33.5 Å². The van der Waals surface area contributed by atoms with Gasteiger partial charge < -0.3 is 14.5 Å². The third-order valence-electron chi connectivity index (χ3n) is 4.82. The van der Waals surface area contributed by atoms with E-state index < -0.39 is 0 Å². The minimum Gasteiger partial charge on any atom is -0.496 e. The molecule has 0 bridgehead atoms. The second-order valence-electron chi connectivity index (χ2n) is 6.95. The van der Waals surface area contributed by atoms with Crippen molar-refractivity contribution >= 4 is 5.69 Å². The Morgan fingerprint density at radius 1 is 1.00 bits per heavy atom. The molecule has 0 fully saturated rings. The predicted molar refractivity (Wildman–Crippen MR) is 103 cm³/mol. The first-order valence-corrected chi connectivity index (χ1v) is 8.66. The van der Waals surface area contributed by atoms with Crippen LogP contribution >= 0.6 is 0 Å². The Labute approximate surface area is 150 Å². The SMILES string of the molecule is COc1c(C)cnc(CN2C=CN(c3c(C)cc(C)cc3C)C2)c1C. The summed E-state index contributed by atoms with van der Waals surface area (Å²) < 4.78 is 5.53. The zero-order chi connectivity index (χ0) is 18.1. The number of aromatic nitrogens is 1. The third kappa shape index (κ3) is 3.34. The molecule has 1 aliphatic rings. The highest BCUT2D eigenvalue weighted by Gasteiger charge is 2.19. The standard InChI is InChI=1S/C21H27N3O/c1-14-9-15(2)20(16(3)10-14)24-8-7-23(13-24)12-19-18(5)21(25-6)17(4)11-22-19/h7-11H,12-13H2,1-6H3. The number of ether oxygens (including phenoxy) is 1. The van der Waals surface area contributed by atoms with Gasteiger partial charge in [-0.15, -0.1) is 0 Å². The van der Waals surface area contributed by atoms with Gasteiger partial charge in [0.25, 0.3) is 0 Å². The fourth-order valence-corrected chi connectivity index (χ4v) is 3.76. The number of anilines is 1. The van der Waals surface area contributed by atoms with Gasteiger partial charge in [0.05, 0.1) is 26.0 Å². The summed E-state index contributed by atoms with van der Waals surface area (Å²) in [4.78, 5) is 9.21. The van der Waals surface area contributed by atoms with Crippen molar-refractivity contribution in [3.8, 4) is 5.75 Å². The van der Waals surface area contributed by atoms with Crippen molar-refractivity contribution < 1.29 is 4.74 Å². The van der Waals surface area contributed by atoms with Crippen LogP contribution in [0.5, 0.6) is 5.75 Å². The van der Waals surface area contributed by atoms with Crippen molar-refractivity contribution in [2.45, 2.75) is 41.2 Å². The molecule has 0 unspecified atom stereocenters. The molecule has 0 atom stereocenters. The van der Waals surface area contributed by atoms with Crippen molar-refractivity contribution in [1.29, 1.82) is 0 Å². The molecule has 1 aliphatic heterocycles. The average Bonchev–Trinajstić information content (AvgIpc) is 2.98. The van der Waals surface area contributed by atoms with E-state index in [-0.39, 0.29) is 0 Å². The Morgan fingerprint density at radius 2 is 1.68 bits per heavy atom. The average molecular weight is 337 g/mol. The first-order chi connectivity index (χ1) is 11.9. The number of benzene rings is 1. The topological polar surface area (TPSA) is 28.6 Å². The molecule has 0 radical (unpaired) electrons. The summed E-state index contributed by atoms with van der Waals surface area (Å²) in [6, 6.07) is 4.49. The highest BCUT2D eigenvalue weighted by molar-refractivity contribution is 5.62. The van der Waals surface area contributed by atoms with Crippen LogP contribution in [0.25, 0.3) is 0 Å². The van der Waals surface area contributed by atoms with Crippen molar-refractivity contribution in [3.05, 3.63) is 64.2 Å². The van der Waals surface area contributed by atoms with E-state index in [2.05, 4.69) is 67.0 Å². The minimum absolute atomic E-state index is 0.777. The quantitative estimate of drug-likeness (QED) is 0.827. The van der Waals surface area contributed by atoms with E-state index in [0.717, 1.165) is 35.8 Å². The Morgan fingerprint density at radius 3 is 2.32 bits per heavy atom. The molecule has 4 nitrogen and oxygen atoms in total. The monoisotopic (exact) mass is 337 g/mol. The number of nitrogens with zero attached hydrogens (tertiary/aromatic N) is 3. The lowest BCUT2D eigenvalue weighted by atomic mass is 10.0. The Kier molecular flexibility index (Phi) is 4.71. The molecule has 1 aromatic carbocycles. The number of methoxy groups -OCH3 is 1. The fraction of sp³-hybridized carbons (Fsp3) is 0.381. The van der Waals surface area contributed by atoms with Crippen LogP contribution < -0.4 is 9.64 Å². The van der Waals surface area contributed by atoms with Crippen molar-refractivity contribution in [3.63, 3.8) is 0 Å². The molecule has 3 rings (SSSR count). The van der Waals surface area contributed by atoms with E-state index in [1.54, 1.807) is 7.11 Å². The summed E-state index contributed by atoms with van der Waals surface area (Å²) in [6.45, 7) is 12.2. The maximum absolute atomic E-state index is 5.53. The molecule has 25 heavy (non-hydrogen) atoms. The second kappa shape index (κ2) is 6.79. The zero-order valence-electron chi connectivity index (χ0n) is 16.1. The van der Waals surface area contributed by atoms with E-state index in [1.807, 2.05) is 13.1 Å². The Bertz CT molecular complexity index is 803. The van der Waals surface area contributed by atoms with Gasteiger partial charge in [-0.25, -0.2) is 0 Å². The third-order valence-corrected chi connectivity index (χ3v) is 4.82. The number of aryl methyl sites for hydroxylation is 4. The molecule has 0 aliphatic carbocycles. The lowest BCUT2D eigenvalue weighted by Crippen LogP contribution is -2.26. The molecule has 0 amide bonds. The van der Waals surface area contributed by atoms with E-state index in [9.17, 15) is 0 Å². The molecular weight excluding hydrogens is 310 g/mol. The summed E-state index contributed by atoms with van der Waals surface area (Å²) in [6.07, 6.45) is 6.20. The first kappa shape index (κ1) is 17.3. The summed E-state index contributed by atoms with van der Waals surface area (Å²) in [5, 5.41) is 0. The van der Waals surface area contributed by atoms with Crippen LogP contribution in [0, 0.1) is 34.6 Å². The van der Waals surface area contributed by atoms with Crippen LogP contribution in [-0.4, -0.2) is 23.7 Å². The molecule has 2 aromatic rings. The number of pyridine rings is 1. The van der Waals surface area contributed by atoms with Gasteiger partial charge in [0.15, 0.2) is 0 Å². The highest BCUT2D eigenvalue weighted by Crippen LogP contribution is 2.30. The molecule has 0 saturated heterocycles. The van der Waals surface area contributed by atoms with E-state index in [1.165, 1.54) is 22.4 Å². The lowest BCUT2D eigenvalue weighted by molar-refractivity contribution is 0.384. The molecule has 1 aromatic heterocycles. The minimum atomic E-state index is 0.777. The van der Waals surface area contributed by atoms with E-state index >= 15 is 0 Å². The van der Waals surface area contributed by atoms with Crippen molar-refractivity contribution in [1.82, 2.24) is 9.88 Å². The summed E-state index contributed by atoms with van der Waals surface area (Å²) in [7, 11) is 1.72. The second-order valence-corrected chi connectivity index (χ2v) is 6.95.